The van der Waals surface area contributed by atoms with E-state index in [1.54, 1.807) is 12.1 Å². The van der Waals surface area contributed by atoms with Crippen LogP contribution in [-0.4, -0.2) is 26.3 Å². The minimum atomic E-state index is -3.74. The van der Waals surface area contributed by atoms with Gasteiger partial charge < -0.3 is 10.6 Å². The largest absolute Gasteiger partial charge is 0.345 e. The molecule has 0 radical (unpaired) electrons. The molecule has 0 spiro atoms. The summed E-state index contributed by atoms with van der Waals surface area (Å²) < 4.78 is 22.3. The van der Waals surface area contributed by atoms with Gasteiger partial charge in [0.05, 0.1) is 4.90 Å². The van der Waals surface area contributed by atoms with Crippen LogP contribution in [0.2, 0.25) is 0 Å². The normalized spacial score (nSPS) is 21.1. The number of carbonyl (C=O) groups excluding carboxylic acids is 2. The summed E-state index contributed by atoms with van der Waals surface area (Å²) in [4.78, 5) is 23.8. The highest BCUT2D eigenvalue weighted by Crippen LogP contribution is 2.23. The van der Waals surface area contributed by atoms with Crippen LogP contribution in [0.3, 0.4) is 0 Å². The summed E-state index contributed by atoms with van der Waals surface area (Å²) >= 11 is 0. The lowest BCUT2D eigenvalue weighted by atomic mass is 9.86. The second-order valence-electron chi connectivity index (χ2n) is 6.21. The molecule has 1 saturated carbocycles. The summed E-state index contributed by atoms with van der Waals surface area (Å²) in [5.41, 5.74) is 0.676. The summed E-state index contributed by atoms with van der Waals surface area (Å²) in [6.07, 6.45) is 4.18. The van der Waals surface area contributed by atoms with E-state index in [1.807, 2.05) is 0 Å². The first-order chi connectivity index (χ1) is 11.3. The lowest BCUT2D eigenvalue weighted by Gasteiger charge is -2.29. The molecule has 0 bridgehead atoms. The van der Waals surface area contributed by atoms with E-state index in [9.17, 15) is 18.0 Å². The maximum atomic E-state index is 11.9. The Labute approximate surface area is 142 Å². The van der Waals surface area contributed by atoms with Crippen molar-refractivity contribution >= 4 is 21.8 Å². The van der Waals surface area contributed by atoms with E-state index in [-0.39, 0.29) is 17.5 Å². The molecule has 2 rings (SSSR count). The monoisotopic (exact) mass is 353 g/mol. The van der Waals surface area contributed by atoms with Gasteiger partial charge in [0.25, 0.3) is 0 Å². The van der Waals surface area contributed by atoms with Crippen molar-refractivity contribution in [3.63, 3.8) is 0 Å². The highest BCUT2D eigenvalue weighted by atomic mass is 32.2. The zero-order valence-electron chi connectivity index (χ0n) is 13.6. The predicted octanol–water partition coefficient (Wildman–Crippen LogP) is 0.645. The number of benzene rings is 1. The number of amides is 2. The van der Waals surface area contributed by atoms with Gasteiger partial charge in [0.1, 0.15) is 0 Å². The Morgan fingerprint density at radius 2 is 1.75 bits per heavy atom. The first kappa shape index (κ1) is 18.4. The number of nitrogens with two attached hydrogens (primary N) is 1. The van der Waals surface area contributed by atoms with Crippen molar-refractivity contribution in [2.45, 2.75) is 50.1 Å². The SMILES string of the molecule is CC1CCCCC1NC(=O)C(=O)NCc1ccc(S(N)(=O)=O)cc1. The topological polar surface area (TPSA) is 118 Å². The fraction of sp³-hybridized carbons (Fsp3) is 0.500. The number of nitrogens with one attached hydrogen (secondary N) is 2. The number of carbonyl (C=O) groups is 2. The van der Waals surface area contributed by atoms with E-state index >= 15 is 0 Å². The summed E-state index contributed by atoms with van der Waals surface area (Å²) in [6.45, 7) is 2.21. The van der Waals surface area contributed by atoms with Gasteiger partial charge in [-0.3, -0.25) is 9.59 Å². The Hall–Kier alpha value is -1.93. The molecule has 0 aliphatic heterocycles. The smallest absolute Gasteiger partial charge is 0.309 e. The lowest BCUT2D eigenvalue weighted by Crippen LogP contribution is -2.47. The van der Waals surface area contributed by atoms with Crippen LogP contribution in [0.25, 0.3) is 0 Å². The minimum Gasteiger partial charge on any atom is -0.345 e. The van der Waals surface area contributed by atoms with Gasteiger partial charge in [0.2, 0.25) is 10.0 Å². The van der Waals surface area contributed by atoms with Crippen LogP contribution < -0.4 is 15.8 Å². The molecule has 8 heteroatoms. The van der Waals surface area contributed by atoms with Crippen LogP contribution in [0.15, 0.2) is 29.2 Å². The van der Waals surface area contributed by atoms with E-state index < -0.39 is 21.8 Å². The highest BCUT2D eigenvalue weighted by molar-refractivity contribution is 7.89. The van der Waals surface area contributed by atoms with Crippen molar-refractivity contribution in [2.24, 2.45) is 11.1 Å². The zero-order chi connectivity index (χ0) is 17.7. The van der Waals surface area contributed by atoms with Gasteiger partial charge in [-0.1, -0.05) is 31.9 Å². The molecule has 4 N–H and O–H groups in total. The van der Waals surface area contributed by atoms with Crippen LogP contribution >= 0.6 is 0 Å². The van der Waals surface area contributed by atoms with Gasteiger partial charge in [-0.05, 0) is 36.5 Å². The molecule has 7 nitrogen and oxygen atoms in total. The second kappa shape index (κ2) is 7.76. The van der Waals surface area contributed by atoms with E-state index in [0.717, 1.165) is 25.7 Å². The molecule has 2 atom stereocenters. The molecule has 2 unspecified atom stereocenters. The van der Waals surface area contributed by atoms with Gasteiger partial charge in [0, 0.05) is 12.6 Å². The van der Waals surface area contributed by atoms with Gasteiger partial charge in [-0.15, -0.1) is 0 Å². The average Bonchev–Trinajstić information content (AvgIpc) is 2.54. The van der Waals surface area contributed by atoms with Crippen LogP contribution in [0.5, 0.6) is 0 Å². The van der Waals surface area contributed by atoms with Crippen LogP contribution in [0, 0.1) is 5.92 Å². The quantitative estimate of drug-likeness (QED) is 0.688. The fourth-order valence-electron chi connectivity index (χ4n) is 2.82. The number of sulfonamides is 1. The van der Waals surface area contributed by atoms with Gasteiger partial charge in [-0.25, -0.2) is 13.6 Å². The number of hydrogen-bond acceptors (Lipinski definition) is 4. The molecule has 1 aromatic rings. The van der Waals surface area contributed by atoms with Crippen molar-refractivity contribution in [2.75, 3.05) is 0 Å². The van der Waals surface area contributed by atoms with Crippen molar-refractivity contribution < 1.29 is 18.0 Å². The Kier molecular flexibility index (Phi) is 5.95. The van der Waals surface area contributed by atoms with Crippen molar-refractivity contribution in [1.82, 2.24) is 10.6 Å². The summed E-state index contributed by atoms with van der Waals surface area (Å²) in [7, 11) is -3.74. The van der Waals surface area contributed by atoms with Crippen LogP contribution in [-0.2, 0) is 26.2 Å². The molecule has 0 saturated heterocycles. The van der Waals surface area contributed by atoms with Crippen LogP contribution in [0.4, 0.5) is 0 Å². The third-order valence-corrected chi connectivity index (χ3v) is 5.27. The summed E-state index contributed by atoms with van der Waals surface area (Å²) in [5, 5.41) is 10.3. The zero-order valence-corrected chi connectivity index (χ0v) is 14.4. The third-order valence-electron chi connectivity index (χ3n) is 4.34. The predicted molar refractivity (Wildman–Crippen MR) is 89.2 cm³/mol. The Morgan fingerprint density at radius 3 is 2.33 bits per heavy atom. The molecule has 0 aromatic heterocycles. The molecule has 24 heavy (non-hydrogen) atoms. The number of rotatable bonds is 4. The molecule has 1 fully saturated rings. The molecular weight excluding hydrogens is 330 g/mol. The molecule has 1 aliphatic carbocycles. The molecule has 132 valence electrons. The minimum absolute atomic E-state index is 0.00149. The van der Waals surface area contributed by atoms with E-state index in [0.29, 0.717) is 11.5 Å². The maximum Gasteiger partial charge on any atom is 0.309 e. The molecule has 2 amide bonds. The van der Waals surface area contributed by atoms with Crippen LogP contribution in [0.1, 0.15) is 38.2 Å². The Bertz CT molecular complexity index is 701. The average molecular weight is 353 g/mol. The first-order valence-electron chi connectivity index (χ1n) is 7.98. The van der Waals surface area contributed by atoms with Gasteiger partial charge >= 0.3 is 11.8 Å². The maximum absolute atomic E-state index is 11.9. The highest BCUT2D eigenvalue weighted by Gasteiger charge is 2.25. The molecule has 1 aromatic carbocycles. The van der Waals surface area contributed by atoms with Gasteiger partial charge in [0.15, 0.2) is 0 Å². The first-order valence-corrected chi connectivity index (χ1v) is 9.52. The molecule has 1 aliphatic rings. The number of hydrogen-bond donors (Lipinski definition) is 3. The van der Waals surface area contributed by atoms with Crippen molar-refractivity contribution in [3.05, 3.63) is 29.8 Å². The summed E-state index contributed by atoms with van der Waals surface area (Å²) in [5.74, 6) is -0.945. The second-order valence-corrected chi connectivity index (χ2v) is 7.77. The van der Waals surface area contributed by atoms with Crippen molar-refractivity contribution in [3.8, 4) is 0 Å². The summed E-state index contributed by atoms with van der Waals surface area (Å²) in [6, 6.07) is 5.86. The third kappa shape index (κ3) is 5.04. The Morgan fingerprint density at radius 1 is 1.12 bits per heavy atom. The van der Waals surface area contributed by atoms with Crippen molar-refractivity contribution in [1.29, 1.82) is 0 Å². The standard InChI is InChI=1S/C16H23N3O4S/c1-11-4-2-3-5-14(11)19-16(21)15(20)18-10-12-6-8-13(9-7-12)24(17,22)23/h6-9,11,14H,2-5,10H2,1H3,(H,18,20)(H,19,21)(H2,17,22,23). The van der Waals surface area contributed by atoms with Gasteiger partial charge in [-0.2, -0.15) is 0 Å². The Balaban J connectivity index is 1.85. The fourth-order valence-corrected chi connectivity index (χ4v) is 3.34. The van der Waals surface area contributed by atoms with E-state index in [1.165, 1.54) is 12.1 Å². The number of primary sulfonamides is 1. The molecular formula is C16H23N3O4S. The van der Waals surface area contributed by atoms with E-state index in [4.69, 9.17) is 5.14 Å². The lowest BCUT2D eigenvalue weighted by molar-refractivity contribution is -0.140. The molecule has 0 heterocycles. The van der Waals surface area contributed by atoms with E-state index in [2.05, 4.69) is 17.6 Å².